The molecule has 3 N–H and O–H groups in total. The Hall–Kier alpha value is -1.79. The van der Waals surface area contributed by atoms with Crippen LogP contribution in [0.15, 0.2) is 12.1 Å². The topological polar surface area (TPSA) is 82.5 Å². The number of benzene rings is 1. The van der Waals surface area contributed by atoms with Gasteiger partial charge in [0.1, 0.15) is 19.0 Å². The predicted octanol–water partition coefficient (Wildman–Crippen LogP) is 0.691. The van der Waals surface area contributed by atoms with Gasteiger partial charge in [0.15, 0.2) is 11.5 Å². The number of hydrogen-bond acceptors (Lipinski definition) is 5. The fourth-order valence-electron chi connectivity index (χ4n) is 2.51. The molecule has 2 aromatic rings. The minimum atomic E-state index is 0.0789. The quantitative estimate of drug-likeness (QED) is 0.840. The molecule has 1 aliphatic heterocycles. The van der Waals surface area contributed by atoms with E-state index in [1.54, 1.807) is 0 Å². The van der Waals surface area contributed by atoms with Gasteiger partial charge in [0.05, 0.1) is 17.6 Å². The van der Waals surface area contributed by atoms with Gasteiger partial charge < -0.3 is 24.9 Å². The number of nitrogens with zero attached hydrogens (tertiary/aromatic N) is 2. The maximum absolute atomic E-state index is 9.26. The first kappa shape index (κ1) is 13.2. The molecule has 0 atom stereocenters. The summed E-state index contributed by atoms with van der Waals surface area (Å²) in [6.07, 6.45) is 1.68. The predicted molar refractivity (Wildman–Crippen MR) is 75.2 cm³/mol. The Bertz CT molecular complexity index is 609. The van der Waals surface area contributed by atoms with Crippen LogP contribution in [-0.2, 0) is 13.0 Å². The normalized spacial score (nSPS) is 13.9. The van der Waals surface area contributed by atoms with Crippen LogP contribution < -0.4 is 15.2 Å². The van der Waals surface area contributed by atoms with Gasteiger partial charge >= 0.3 is 0 Å². The smallest absolute Gasteiger partial charge is 0.163 e. The Morgan fingerprint density at radius 3 is 2.70 bits per heavy atom. The molecule has 0 spiro atoms. The van der Waals surface area contributed by atoms with Gasteiger partial charge in [0.2, 0.25) is 0 Å². The van der Waals surface area contributed by atoms with Crippen LogP contribution >= 0.6 is 0 Å². The summed E-state index contributed by atoms with van der Waals surface area (Å²) in [5, 5.41) is 9.26. The molecule has 3 rings (SSSR count). The second-order valence-corrected chi connectivity index (χ2v) is 4.78. The lowest BCUT2D eigenvalue weighted by molar-refractivity contribution is 0.172. The van der Waals surface area contributed by atoms with E-state index < -0.39 is 0 Å². The van der Waals surface area contributed by atoms with E-state index in [-0.39, 0.29) is 6.61 Å². The number of aromatic nitrogens is 2. The maximum atomic E-state index is 9.26. The highest BCUT2D eigenvalue weighted by molar-refractivity contribution is 5.80. The molecule has 6 heteroatoms. The molecule has 0 radical (unpaired) electrons. The first-order valence-corrected chi connectivity index (χ1v) is 6.93. The zero-order valence-corrected chi connectivity index (χ0v) is 11.3. The third-order valence-corrected chi connectivity index (χ3v) is 3.42. The van der Waals surface area contributed by atoms with E-state index >= 15 is 0 Å². The average molecular weight is 277 g/mol. The van der Waals surface area contributed by atoms with Crippen molar-refractivity contribution >= 4 is 11.0 Å². The molecule has 0 aliphatic carbocycles. The van der Waals surface area contributed by atoms with Crippen LogP contribution in [-0.4, -0.2) is 41.0 Å². The second kappa shape index (κ2) is 5.68. The van der Waals surface area contributed by atoms with Crippen LogP contribution in [0.25, 0.3) is 11.0 Å². The number of ether oxygens (including phenoxy) is 2. The van der Waals surface area contributed by atoms with Crippen molar-refractivity contribution in [2.45, 2.75) is 19.4 Å². The Kier molecular flexibility index (Phi) is 3.75. The molecular formula is C14H19N3O3. The van der Waals surface area contributed by atoms with Gasteiger partial charge in [-0.1, -0.05) is 0 Å². The summed E-state index contributed by atoms with van der Waals surface area (Å²) in [6, 6.07) is 3.85. The number of rotatable bonds is 5. The van der Waals surface area contributed by atoms with Crippen molar-refractivity contribution in [1.29, 1.82) is 0 Å². The number of fused-ring (bicyclic) bond motifs is 2. The minimum Gasteiger partial charge on any atom is -0.486 e. The van der Waals surface area contributed by atoms with Gasteiger partial charge in [0, 0.05) is 25.1 Å². The van der Waals surface area contributed by atoms with Crippen LogP contribution in [0.4, 0.5) is 0 Å². The number of aryl methyl sites for hydroxylation is 1. The summed E-state index contributed by atoms with van der Waals surface area (Å²) in [5.74, 6) is 2.43. The van der Waals surface area contributed by atoms with Crippen molar-refractivity contribution in [3.63, 3.8) is 0 Å². The average Bonchev–Trinajstić information content (AvgIpc) is 2.80. The standard InChI is InChI=1S/C14H19N3O3/c15-3-1-2-14-16-10-8-12-13(20-7-6-19-12)9-11(10)17(14)4-5-18/h8-9,18H,1-7,15H2. The Morgan fingerprint density at radius 1 is 1.25 bits per heavy atom. The molecule has 0 unspecified atom stereocenters. The second-order valence-electron chi connectivity index (χ2n) is 4.78. The monoisotopic (exact) mass is 277 g/mol. The minimum absolute atomic E-state index is 0.0789. The summed E-state index contributed by atoms with van der Waals surface area (Å²) < 4.78 is 13.2. The molecule has 2 heterocycles. The van der Waals surface area contributed by atoms with Gasteiger partial charge in [-0.3, -0.25) is 0 Å². The van der Waals surface area contributed by atoms with E-state index in [0.717, 1.165) is 41.2 Å². The lowest BCUT2D eigenvalue weighted by atomic mass is 10.2. The van der Waals surface area contributed by atoms with Crippen molar-refractivity contribution in [2.24, 2.45) is 5.73 Å². The van der Waals surface area contributed by atoms with Crippen molar-refractivity contribution in [1.82, 2.24) is 9.55 Å². The largest absolute Gasteiger partial charge is 0.486 e. The lowest BCUT2D eigenvalue weighted by Gasteiger charge is -2.18. The summed E-state index contributed by atoms with van der Waals surface area (Å²) in [7, 11) is 0. The van der Waals surface area contributed by atoms with Gasteiger partial charge in [0.25, 0.3) is 0 Å². The van der Waals surface area contributed by atoms with Gasteiger partial charge in [-0.25, -0.2) is 4.98 Å². The fourth-order valence-corrected chi connectivity index (χ4v) is 2.51. The van der Waals surface area contributed by atoms with Gasteiger partial charge in [-0.2, -0.15) is 0 Å². The molecule has 0 saturated heterocycles. The van der Waals surface area contributed by atoms with Crippen LogP contribution in [0.5, 0.6) is 11.5 Å². The molecule has 0 bridgehead atoms. The summed E-state index contributed by atoms with van der Waals surface area (Å²) in [6.45, 7) is 2.36. The highest BCUT2D eigenvalue weighted by atomic mass is 16.6. The molecule has 0 amide bonds. The summed E-state index contributed by atoms with van der Waals surface area (Å²) >= 11 is 0. The van der Waals surface area contributed by atoms with E-state index in [1.807, 2.05) is 16.7 Å². The van der Waals surface area contributed by atoms with Crippen molar-refractivity contribution < 1.29 is 14.6 Å². The molecule has 0 fully saturated rings. The SMILES string of the molecule is NCCCc1nc2cc3c(cc2n1CCO)OCCO3. The Labute approximate surface area is 117 Å². The number of aliphatic hydroxyl groups is 1. The molecule has 6 nitrogen and oxygen atoms in total. The molecule has 0 saturated carbocycles. The number of imidazole rings is 1. The maximum Gasteiger partial charge on any atom is 0.163 e. The molecule has 1 aliphatic rings. The van der Waals surface area contributed by atoms with Crippen molar-refractivity contribution in [2.75, 3.05) is 26.4 Å². The number of nitrogens with two attached hydrogens (primary N) is 1. The highest BCUT2D eigenvalue weighted by Gasteiger charge is 2.17. The molecule has 108 valence electrons. The Balaban J connectivity index is 2.07. The number of aliphatic hydroxyl groups excluding tert-OH is 1. The van der Waals surface area contributed by atoms with Crippen LogP contribution in [0, 0.1) is 0 Å². The molecule has 1 aromatic carbocycles. The van der Waals surface area contributed by atoms with E-state index in [1.165, 1.54) is 0 Å². The van der Waals surface area contributed by atoms with Crippen LogP contribution in [0.2, 0.25) is 0 Å². The summed E-state index contributed by atoms with van der Waals surface area (Å²) in [5.41, 5.74) is 7.41. The zero-order valence-electron chi connectivity index (χ0n) is 11.3. The van der Waals surface area contributed by atoms with Gasteiger partial charge in [-0.15, -0.1) is 0 Å². The Morgan fingerprint density at radius 2 is 2.00 bits per heavy atom. The van der Waals surface area contributed by atoms with Crippen molar-refractivity contribution in [3.8, 4) is 11.5 Å². The fraction of sp³-hybridized carbons (Fsp3) is 0.500. The molecule has 20 heavy (non-hydrogen) atoms. The zero-order chi connectivity index (χ0) is 13.9. The van der Waals surface area contributed by atoms with Crippen LogP contribution in [0.1, 0.15) is 12.2 Å². The first-order valence-electron chi connectivity index (χ1n) is 6.93. The third-order valence-electron chi connectivity index (χ3n) is 3.42. The van der Waals surface area contributed by atoms with E-state index in [4.69, 9.17) is 15.2 Å². The van der Waals surface area contributed by atoms with Gasteiger partial charge in [-0.05, 0) is 13.0 Å². The van der Waals surface area contributed by atoms with E-state index in [2.05, 4.69) is 4.98 Å². The molecule has 1 aromatic heterocycles. The van der Waals surface area contributed by atoms with E-state index in [9.17, 15) is 5.11 Å². The molecular weight excluding hydrogens is 258 g/mol. The van der Waals surface area contributed by atoms with E-state index in [0.29, 0.717) is 26.3 Å². The lowest BCUT2D eigenvalue weighted by Crippen LogP contribution is -2.15. The highest BCUT2D eigenvalue weighted by Crippen LogP contribution is 2.34. The van der Waals surface area contributed by atoms with Crippen molar-refractivity contribution in [3.05, 3.63) is 18.0 Å². The van der Waals surface area contributed by atoms with Crippen LogP contribution in [0.3, 0.4) is 0 Å². The summed E-state index contributed by atoms with van der Waals surface area (Å²) in [4.78, 5) is 4.64. The number of hydrogen-bond donors (Lipinski definition) is 2. The first-order chi connectivity index (χ1) is 9.83. The third kappa shape index (κ3) is 2.32.